The highest BCUT2D eigenvalue weighted by Gasteiger charge is 2.47. The van der Waals surface area contributed by atoms with E-state index in [1.165, 1.54) is 0 Å². The van der Waals surface area contributed by atoms with Crippen molar-refractivity contribution in [2.24, 2.45) is 11.8 Å². The van der Waals surface area contributed by atoms with Gasteiger partial charge in [0.2, 0.25) is 0 Å². The van der Waals surface area contributed by atoms with Crippen molar-refractivity contribution < 1.29 is 43.9 Å². The van der Waals surface area contributed by atoms with Crippen molar-refractivity contribution >= 4 is 12.1 Å². The Bertz CT molecular complexity index is 1070. The molecule has 45 heavy (non-hydrogen) atoms. The molecule has 2 fully saturated rings. The summed E-state index contributed by atoms with van der Waals surface area (Å²) in [5.74, 6) is -0.833. The Balaban J connectivity index is 1.77. The van der Waals surface area contributed by atoms with Gasteiger partial charge in [-0.1, -0.05) is 45.1 Å². The molecule has 11 nitrogen and oxygen atoms in total. The van der Waals surface area contributed by atoms with E-state index >= 15 is 0 Å². The summed E-state index contributed by atoms with van der Waals surface area (Å²) in [5.41, 5.74) is -1.34. The summed E-state index contributed by atoms with van der Waals surface area (Å²) in [6.45, 7) is 13.7. The van der Waals surface area contributed by atoms with Crippen molar-refractivity contribution in [3.8, 4) is 0 Å². The van der Waals surface area contributed by atoms with Crippen LogP contribution in [0.3, 0.4) is 0 Å². The van der Waals surface area contributed by atoms with Crippen molar-refractivity contribution in [2.45, 2.75) is 121 Å². The van der Waals surface area contributed by atoms with Crippen LogP contribution in [0, 0.1) is 11.8 Å². The quantitative estimate of drug-likeness (QED) is 0.122. The zero-order valence-electron chi connectivity index (χ0n) is 28.1. The Morgan fingerprint density at radius 3 is 2.64 bits per heavy atom. The van der Waals surface area contributed by atoms with Gasteiger partial charge < -0.3 is 44.5 Å². The molecule has 0 aromatic carbocycles. The maximum atomic E-state index is 13.1. The Morgan fingerprint density at radius 1 is 1.31 bits per heavy atom. The molecule has 1 amide bonds. The van der Waals surface area contributed by atoms with Crippen molar-refractivity contribution in [1.82, 2.24) is 10.2 Å². The summed E-state index contributed by atoms with van der Waals surface area (Å²) in [5, 5.41) is 35.0. The standard InChI is InChI=1S/C34H56N2O9/c1-8-26(38)24(4)31-27(43-31)21-33(5,41)14-9-10-22(2)30-23(3)11-12-28(44-32(40)36-18-16-35-17-19-36)34(6,42-7)15-13-25(37)20-29(39)45-30/h9-12,14,23-28,30-31,35,37-38,41H,8,13,15-21H2,1-7H3. The number of hydrogen-bond donors (Lipinski definition) is 4. The third-order valence-corrected chi connectivity index (χ3v) is 9.42. The molecular formula is C34H56N2O9. The van der Waals surface area contributed by atoms with Crippen LogP contribution in [0.1, 0.15) is 73.6 Å². The van der Waals surface area contributed by atoms with E-state index in [1.807, 2.05) is 40.7 Å². The molecule has 3 rings (SSSR count). The summed E-state index contributed by atoms with van der Waals surface area (Å²) in [7, 11) is 1.55. The van der Waals surface area contributed by atoms with Crippen LogP contribution < -0.4 is 5.32 Å². The van der Waals surface area contributed by atoms with Gasteiger partial charge in [-0.25, -0.2) is 4.79 Å². The molecule has 0 aliphatic carbocycles. The predicted octanol–water partition coefficient (Wildman–Crippen LogP) is 3.27. The highest BCUT2D eigenvalue weighted by Crippen LogP contribution is 2.37. The highest BCUT2D eigenvalue weighted by atomic mass is 16.6. The number of aliphatic hydroxyl groups is 3. The van der Waals surface area contributed by atoms with Gasteiger partial charge in [0.15, 0.2) is 6.10 Å². The van der Waals surface area contributed by atoms with Gasteiger partial charge in [-0.15, -0.1) is 0 Å². The van der Waals surface area contributed by atoms with Gasteiger partial charge in [-0.2, -0.15) is 0 Å². The number of amides is 1. The molecule has 3 heterocycles. The van der Waals surface area contributed by atoms with Crippen LogP contribution in [0.15, 0.2) is 36.0 Å². The molecule has 3 aliphatic heterocycles. The van der Waals surface area contributed by atoms with E-state index < -0.39 is 47.7 Å². The molecular weight excluding hydrogens is 580 g/mol. The molecule has 2 saturated heterocycles. The lowest BCUT2D eigenvalue weighted by molar-refractivity contribution is -0.151. The van der Waals surface area contributed by atoms with E-state index in [1.54, 1.807) is 43.2 Å². The van der Waals surface area contributed by atoms with E-state index in [-0.39, 0.29) is 36.9 Å². The molecule has 0 bridgehead atoms. The van der Waals surface area contributed by atoms with Crippen molar-refractivity contribution in [3.05, 3.63) is 36.0 Å². The molecule has 0 saturated carbocycles. The van der Waals surface area contributed by atoms with Crippen LogP contribution in [0.5, 0.6) is 0 Å². The van der Waals surface area contributed by atoms with Crippen LogP contribution in [-0.4, -0.2) is 113 Å². The molecule has 0 radical (unpaired) electrons. The first-order chi connectivity index (χ1) is 21.2. The number of methoxy groups -OCH3 is 1. The molecule has 10 unspecified atom stereocenters. The van der Waals surface area contributed by atoms with Crippen LogP contribution >= 0.6 is 0 Å². The molecule has 0 aromatic heterocycles. The number of piperazine rings is 1. The first-order valence-corrected chi connectivity index (χ1v) is 16.4. The van der Waals surface area contributed by atoms with Crippen LogP contribution in [0.4, 0.5) is 4.79 Å². The molecule has 0 aromatic rings. The van der Waals surface area contributed by atoms with Gasteiger partial charge >= 0.3 is 12.1 Å². The van der Waals surface area contributed by atoms with E-state index in [4.69, 9.17) is 18.9 Å². The monoisotopic (exact) mass is 636 g/mol. The number of nitrogens with zero attached hydrogens (tertiary/aromatic N) is 1. The molecule has 4 N–H and O–H groups in total. The van der Waals surface area contributed by atoms with E-state index in [2.05, 4.69) is 5.32 Å². The molecule has 11 heteroatoms. The Kier molecular flexibility index (Phi) is 13.6. The number of esters is 1. The minimum Gasteiger partial charge on any atom is -0.457 e. The normalized spacial score (nSPS) is 34.7. The molecule has 0 spiro atoms. The maximum absolute atomic E-state index is 13.1. The van der Waals surface area contributed by atoms with E-state index in [0.29, 0.717) is 45.4 Å². The zero-order chi connectivity index (χ0) is 33.4. The Morgan fingerprint density at radius 2 is 2.00 bits per heavy atom. The summed E-state index contributed by atoms with van der Waals surface area (Å²) >= 11 is 0. The van der Waals surface area contributed by atoms with Crippen LogP contribution in [0.2, 0.25) is 0 Å². The number of cyclic esters (lactones) is 1. The number of aliphatic hydroxyl groups excluding tert-OH is 2. The minimum absolute atomic E-state index is 0.00213. The number of carbonyl (C=O) groups is 2. The van der Waals surface area contributed by atoms with E-state index in [9.17, 15) is 24.9 Å². The van der Waals surface area contributed by atoms with Gasteiger partial charge in [0.05, 0.1) is 36.4 Å². The van der Waals surface area contributed by atoms with Gasteiger partial charge in [0, 0.05) is 51.5 Å². The number of ether oxygens (including phenoxy) is 4. The second-order valence-electron chi connectivity index (χ2n) is 13.4. The lowest BCUT2D eigenvalue weighted by Gasteiger charge is -2.37. The van der Waals surface area contributed by atoms with Crippen molar-refractivity contribution in [2.75, 3.05) is 33.3 Å². The van der Waals surface area contributed by atoms with Crippen molar-refractivity contribution in [3.63, 3.8) is 0 Å². The van der Waals surface area contributed by atoms with Gasteiger partial charge in [-0.05, 0) is 51.7 Å². The smallest absolute Gasteiger partial charge is 0.410 e. The number of carbonyl (C=O) groups excluding carboxylic acids is 2. The predicted molar refractivity (Wildman–Crippen MR) is 170 cm³/mol. The molecule has 256 valence electrons. The first-order valence-electron chi connectivity index (χ1n) is 16.4. The second kappa shape index (κ2) is 16.5. The summed E-state index contributed by atoms with van der Waals surface area (Å²) in [6.07, 6.45) is 6.95. The third kappa shape index (κ3) is 10.9. The zero-order valence-corrected chi connectivity index (χ0v) is 28.1. The number of nitrogens with one attached hydrogen (secondary N) is 1. The number of hydrogen-bond acceptors (Lipinski definition) is 10. The summed E-state index contributed by atoms with van der Waals surface area (Å²) in [4.78, 5) is 27.6. The fourth-order valence-corrected chi connectivity index (χ4v) is 6.04. The largest absolute Gasteiger partial charge is 0.457 e. The van der Waals surface area contributed by atoms with Gasteiger partial charge in [-0.3, -0.25) is 4.79 Å². The van der Waals surface area contributed by atoms with Gasteiger partial charge in [0.1, 0.15) is 11.7 Å². The SMILES string of the molecule is CCC(O)C(C)C1OC1CC(C)(O)C=CC=C(C)C1OC(=O)CC(O)CCC(C)(OC)C(OC(=O)N2CCNCC2)C=CC1C. The topological polar surface area (TPSA) is 150 Å². The molecule has 3 aliphatic rings. The molecule has 10 atom stereocenters. The average Bonchev–Trinajstić information content (AvgIpc) is 3.77. The number of epoxide rings is 1. The highest BCUT2D eigenvalue weighted by molar-refractivity contribution is 5.70. The first kappa shape index (κ1) is 37.2. The third-order valence-electron chi connectivity index (χ3n) is 9.42. The fraction of sp³-hybridized carbons (Fsp3) is 0.765. The van der Waals surface area contributed by atoms with Gasteiger partial charge in [0.25, 0.3) is 0 Å². The van der Waals surface area contributed by atoms with E-state index in [0.717, 1.165) is 5.57 Å². The van der Waals surface area contributed by atoms with Crippen LogP contribution in [-0.2, 0) is 23.7 Å². The van der Waals surface area contributed by atoms with Crippen molar-refractivity contribution in [1.29, 1.82) is 0 Å². The number of rotatable bonds is 10. The number of allylic oxidation sites excluding steroid dienone is 2. The van der Waals surface area contributed by atoms with Crippen LogP contribution in [0.25, 0.3) is 0 Å². The maximum Gasteiger partial charge on any atom is 0.410 e. The summed E-state index contributed by atoms with van der Waals surface area (Å²) in [6, 6.07) is 0. The minimum atomic E-state index is -1.14. The fourth-order valence-electron chi connectivity index (χ4n) is 6.04. The Labute approximate surface area is 268 Å². The second-order valence-corrected chi connectivity index (χ2v) is 13.4. The lowest BCUT2D eigenvalue weighted by Crippen LogP contribution is -2.50. The Hall–Kier alpha value is -2.28. The summed E-state index contributed by atoms with van der Waals surface area (Å²) < 4.78 is 23.5. The average molecular weight is 637 g/mol. The lowest BCUT2D eigenvalue weighted by atomic mass is 9.88.